The van der Waals surface area contributed by atoms with E-state index in [1.165, 1.54) is 0 Å². The van der Waals surface area contributed by atoms with Crippen molar-refractivity contribution in [2.75, 3.05) is 0 Å². The van der Waals surface area contributed by atoms with E-state index in [0.717, 1.165) is 49.0 Å². The SMILES string of the molecule is O=c1c2ccc3c4c(ccc(c24)c2cc4ccccc4n12)c(=O)n1c2ccccc2nc31. The van der Waals surface area contributed by atoms with Crippen LogP contribution in [-0.2, 0) is 0 Å². The second-order valence-electron chi connectivity index (χ2n) is 8.37. The quantitative estimate of drug-likeness (QED) is 0.332. The molecular weight excluding hydrogens is 398 g/mol. The summed E-state index contributed by atoms with van der Waals surface area (Å²) in [6.07, 6.45) is 0. The van der Waals surface area contributed by atoms with Crippen molar-refractivity contribution in [3.8, 4) is 0 Å². The monoisotopic (exact) mass is 411 g/mol. The van der Waals surface area contributed by atoms with Gasteiger partial charge in [-0.05, 0) is 42.5 Å². The van der Waals surface area contributed by atoms with Gasteiger partial charge in [0, 0.05) is 37.7 Å². The highest BCUT2D eigenvalue weighted by molar-refractivity contribution is 6.28. The Balaban J connectivity index is 1.73. The predicted molar refractivity (Wildman–Crippen MR) is 129 cm³/mol. The molecule has 5 nitrogen and oxygen atoms in total. The maximum absolute atomic E-state index is 13.6. The molecular formula is C27H13N3O2. The molecule has 0 saturated carbocycles. The van der Waals surface area contributed by atoms with E-state index in [4.69, 9.17) is 4.98 Å². The number of rotatable bonds is 0. The second-order valence-corrected chi connectivity index (χ2v) is 8.37. The van der Waals surface area contributed by atoms with Crippen LogP contribution < -0.4 is 11.1 Å². The van der Waals surface area contributed by atoms with Crippen LogP contribution in [0.25, 0.3) is 65.4 Å². The molecule has 148 valence electrons. The van der Waals surface area contributed by atoms with Gasteiger partial charge in [0.2, 0.25) is 0 Å². The van der Waals surface area contributed by atoms with Crippen molar-refractivity contribution in [2.45, 2.75) is 0 Å². The van der Waals surface area contributed by atoms with E-state index >= 15 is 0 Å². The molecule has 0 radical (unpaired) electrons. The standard InChI is InChI=1S/C27H13N3O2/c31-26-17-12-10-16-24-18(27(32)30-21-8-4-2-6-19(21)28-25(16)30)11-9-15(23(17)24)22-13-14-5-1-3-7-20(14)29(22)26/h1-13H. The van der Waals surface area contributed by atoms with E-state index in [2.05, 4.69) is 6.07 Å². The number of benzene rings is 4. The third kappa shape index (κ3) is 1.68. The largest absolute Gasteiger partial charge is 0.276 e. The molecule has 0 aliphatic carbocycles. The lowest BCUT2D eigenvalue weighted by atomic mass is 9.96. The molecule has 8 rings (SSSR count). The number of aromatic nitrogens is 3. The average Bonchev–Trinajstić information content (AvgIpc) is 3.40. The van der Waals surface area contributed by atoms with Crippen molar-refractivity contribution in [1.82, 2.24) is 13.8 Å². The zero-order chi connectivity index (χ0) is 21.1. The van der Waals surface area contributed by atoms with Crippen LogP contribution in [0.15, 0.2) is 88.5 Å². The van der Waals surface area contributed by atoms with Crippen LogP contribution in [0, 0.1) is 0 Å². The van der Waals surface area contributed by atoms with Gasteiger partial charge >= 0.3 is 0 Å². The van der Waals surface area contributed by atoms with Crippen LogP contribution >= 0.6 is 0 Å². The zero-order valence-corrected chi connectivity index (χ0v) is 16.7. The Hall–Kier alpha value is -4.51. The summed E-state index contributed by atoms with van der Waals surface area (Å²) in [6.45, 7) is 0. The summed E-state index contributed by atoms with van der Waals surface area (Å²) in [5.41, 5.74) is 3.79. The van der Waals surface area contributed by atoms with Crippen LogP contribution in [0.4, 0.5) is 0 Å². The Bertz CT molecular complexity index is 2030. The van der Waals surface area contributed by atoms with E-state index in [0.29, 0.717) is 16.4 Å². The smallest absolute Gasteiger partial charge is 0.264 e. The summed E-state index contributed by atoms with van der Waals surface area (Å²) in [6, 6.07) is 25.3. The summed E-state index contributed by atoms with van der Waals surface area (Å²) < 4.78 is 3.48. The third-order valence-electron chi connectivity index (χ3n) is 6.82. The topological polar surface area (TPSA) is 55.8 Å². The molecule has 0 atom stereocenters. The Kier molecular flexibility index (Phi) is 2.64. The Labute approximate surface area is 179 Å². The maximum atomic E-state index is 13.6. The van der Waals surface area contributed by atoms with Gasteiger partial charge in [0.25, 0.3) is 11.1 Å². The van der Waals surface area contributed by atoms with Gasteiger partial charge in [-0.1, -0.05) is 36.4 Å². The van der Waals surface area contributed by atoms with Gasteiger partial charge in [-0.3, -0.25) is 18.4 Å². The second kappa shape index (κ2) is 5.21. The molecule has 0 fully saturated rings. The summed E-state index contributed by atoms with van der Waals surface area (Å²) in [5, 5.41) is 5.75. The fourth-order valence-electron chi connectivity index (χ4n) is 5.48. The van der Waals surface area contributed by atoms with Crippen molar-refractivity contribution in [3.05, 3.63) is 99.6 Å². The minimum absolute atomic E-state index is 0.0658. The number of hydrogen-bond acceptors (Lipinski definition) is 3. The van der Waals surface area contributed by atoms with Gasteiger partial charge < -0.3 is 0 Å². The zero-order valence-electron chi connectivity index (χ0n) is 16.7. The first-order valence-corrected chi connectivity index (χ1v) is 10.5. The van der Waals surface area contributed by atoms with Crippen molar-refractivity contribution in [2.24, 2.45) is 0 Å². The molecule has 0 saturated heterocycles. The molecule has 0 amide bonds. The van der Waals surface area contributed by atoms with Crippen LogP contribution in [0.1, 0.15) is 0 Å². The molecule has 5 heteroatoms. The minimum atomic E-state index is -0.108. The van der Waals surface area contributed by atoms with Gasteiger partial charge in [-0.15, -0.1) is 0 Å². The highest BCUT2D eigenvalue weighted by atomic mass is 16.1. The van der Waals surface area contributed by atoms with Crippen LogP contribution in [0.5, 0.6) is 0 Å². The number of nitrogens with zero attached hydrogens (tertiary/aromatic N) is 3. The molecule has 8 aromatic rings. The molecule has 0 aliphatic heterocycles. The fourth-order valence-corrected chi connectivity index (χ4v) is 5.48. The summed E-state index contributed by atoms with van der Waals surface area (Å²) in [4.78, 5) is 32.0. The Morgan fingerprint density at radius 3 is 2.03 bits per heavy atom. The van der Waals surface area contributed by atoms with E-state index in [1.807, 2.05) is 72.8 Å². The van der Waals surface area contributed by atoms with Crippen molar-refractivity contribution in [3.63, 3.8) is 0 Å². The van der Waals surface area contributed by atoms with E-state index in [9.17, 15) is 9.59 Å². The van der Waals surface area contributed by atoms with Crippen molar-refractivity contribution >= 4 is 65.4 Å². The lowest BCUT2D eigenvalue weighted by molar-refractivity contribution is 1.19. The number of pyridine rings is 2. The lowest BCUT2D eigenvalue weighted by Crippen LogP contribution is -2.16. The summed E-state index contributed by atoms with van der Waals surface area (Å²) >= 11 is 0. The first-order valence-electron chi connectivity index (χ1n) is 10.5. The molecule has 0 N–H and O–H groups in total. The average molecular weight is 411 g/mol. The molecule has 32 heavy (non-hydrogen) atoms. The molecule has 4 heterocycles. The first-order chi connectivity index (χ1) is 15.7. The van der Waals surface area contributed by atoms with Gasteiger partial charge in [0.1, 0.15) is 5.65 Å². The maximum Gasteiger partial charge on any atom is 0.264 e. The molecule has 0 aliphatic rings. The van der Waals surface area contributed by atoms with Crippen LogP contribution in [-0.4, -0.2) is 13.8 Å². The predicted octanol–water partition coefficient (Wildman–Crippen LogP) is 4.95. The number of fused-ring (bicyclic) bond motifs is 8. The Morgan fingerprint density at radius 1 is 0.562 bits per heavy atom. The van der Waals surface area contributed by atoms with Gasteiger partial charge in [0.05, 0.1) is 22.1 Å². The summed E-state index contributed by atoms with van der Waals surface area (Å²) in [7, 11) is 0. The van der Waals surface area contributed by atoms with Crippen LogP contribution in [0.2, 0.25) is 0 Å². The van der Waals surface area contributed by atoms with Gasteiger partial charge in [-0.25, -0.2) is 4.98 Å². The van der Waals surface area contributed by atoms with Crippen molar-refractivity contribution < 1.29 is 0 Å². The van der Waals surface area contributed by atoms with E-state index in [-0.39, 0.29) is 11.1 Å². The summed E-state index contributed by atoms with van der Waals surface area (Å²) in [5.74, 6) is 0. The fraction of sp³-hybridized carbons (Fsp3) is 0. The number of para-hydroxylation sites is 3. The lowest BCUT2D eigenvalue weighted by Gasteiger charge is -2.12. The normalized spacial score (nSPS) is 12.6. The third-order valence-corrected chi connectivity index (χ3v) is 6.82. The Morgan fingerprint density at radius 2 is 1.19 bits per heavy atom. The molecule has 0 bridgehead atoms. The molecule has 0 spiro atoms. The van der Waals surface area contributed by atoms with E-state index in [1.54, 1.807) is 8.80 Å². The molecule has 0 unspecified atom stereocenters. The van der Waals surface area contributed by atoms with Gasteiger partial charge in [-0.2, -0.15) is 0 Å². The van der Waals surface area contributed by atoms with Crippen molar-refractivity contribution in [1.29, 1.82) is 0 Å². The van der Waals surface area contributed by atoms with Crippen LogP contribution in [0.3, 0.4) is 0 Å². The first kappa shape index (κ1) is 16.2. The highest BCUT2D eigenvalue weighted by Gasteiger charge is 2.21. The molecule has 4 aromatic carbocycles. The molecule has 4 aromatic heterocycles. The number of hydrogen-bond donors (Lipinski definition) is 0. The highest BCUT2D eigenvalue weighted by Crippen LogP contribution is 2.37. The van der Waals surface area contributed by atoms with E-state index < -0.39 is 0 Å². The number of imidazole rings is 1. The minimum Gasteiger partial charge on any atom is -0.276 e. The van der Waals surface area contributed by atoms with Gasteiger partial charge in [0.15, 0.2) is 0 Å².